The average Bonchev–Trinajstić information content (AvgIpc) is 2.38. The number of nitrogen functional groups attached to an aromatic ring is 1. The Morgan fingerprint density at radius 1 is 1.47 bits per heavy atom. The molecule has 0 saturated carbocycles. The lowest BCUT2D eigenvalue weighted by Crippen LogP contribution is -2.51. The highest BCUT2D eigenvalue weighted by Gasteiger charge is 2.23. The number of nitrogens with zero attached hydrogens (tertiary/aromatic N) is 2. The highest BCUT2D eigenvalue weighted by Crippen LogP contribution is 2.24. The molecule has 1 aliphatic heterocycles. The molecule has 0 aliphatic carbocycles. The molecule has 1 heterocycles. The van der Waals surface area contributed by atoms with Crippen molar-refractivity contribution in [2.24, 2.45) is 0 Å². The average molecular weight is 263 g/mol. The standard InChI is InChI=1S/C14H21N3O2/c1-3-10-9-17(7-6-16(10)2)11-4-5-12(14(18)19)13(15)8-11/h4-5,8,10H,3,6-7,9,15H2,1-2H3,(H,18,19). The van der Waals surface area contributed by atoms with Crippen molar-refractivity contribution in [2.45, 2.75) is 19.4 Å². The van der Waals surface area contributed by atoms with Crippen LogP contribution in [0.3, 0.4) is 0 Å². The molecule has 5 nitrogen and oxygen atoms in total. The van der Waals surface area contributed by atoms with Crippen LogP contribution in [-0.2, 0) is 0 Å². The van der Waals surface area contributed by atoms with Crippen LogP contribution in [-0.4, -0.2) is 48.7 Å². The lowest BCUT2D eigenvalue weighted by molar-refractivity contribution is 0.0698. The minimum absolute atomic E-state index is 0.171. The minimum atomic E-state index is -0.978. The summed E-state index contributed by atoms with van der Waals surface area (Å²) >= 11 is 0. The van der Waals surface area contributed by atoms with Crippen LogP contribution in [0.25, 0.3) is 0 Å². The molecule has 0 spiro atoms. The number of hydrogen-bond donors (Lipinski definition) is 2. The normalized spacial score (nSPS) is 20.5. The molecule has 0 radical (unpaired) electrons. The predicted octanol–water partition coefficient (Wildman–Crippen LogP) is 1.50. The van der Waals surface area contributed by atoms with Gasteiger partial charge in [-0.05, 0) is 31.7 Å². The van der Waals surface area contributed by atoms with E-state index in [4.69, 9.17) is 10.8 Å². The fourth-order valence-electron chi connectivity index (χ4n) is 2.56. The zero-order valence-electron chi connectivity index (χ0n) is 11.5. The van der Waals surface area contributed by atoms with Crippen LogP contribution in [0.1, 0.15) is 23.7 Å². The van der Waals surface area contributed by atoms with E-state index in [0.29, 0.717) is 11.7 Å². The van der Waals surface area contributed by atoms with Gasteiger partial charge in [0.2, 0.25) is 0 Å². The van der Waals surface area contributed by atoms with Crippen LogP contribution >= 0.6 is 0 Å². The summed E-state index contributed by atoms with van der Waals surface area (Å²) in [6.45, 7) is 5.10. The zero-order valence-corrected chi connectivity index (χ0v) is 11.5. The third-order valence-corrected chi connectivity index (χ3v) is 3.88. The first-order valence-electron chi connectivity index (χ1n) is 6.61. The van der Waals surface area contributed by atoms with E-state index < -0.39 is 5.97 Å². The number of carboxylic acid groups (broad SMARTS) is 1. The molecule has 0 aromatic heterocycles. The molecule has 1 unspecified atom stereocenters. The Bertz CT molecular complexity index is 476. The van der Waals surface area contributed by atoms with E-state index in [1.54, 1.807) is 12.1 Å². The van der Waals surface area contributed by atoms with Crippen molar-refractivity contribution in [3.05, 3.63) is 23.8 Å². The van der Waals surface area contributed by atoms with E-state index in [0.717, 1.165) is 31.7 Å². The van der Waals surface area contributed by atoms with E-state index in [1.807, 2.05) is 6.07 Å². The maximum absolute atomic E-state index is 11.0. The van der Waals surface area contributed by atoms with Crippen molar-refractivity contribution < 1.29 is 9.90 Å². The summed E-state index contributed by atoms with van der Waals surface area (Å²) in [6.07, 6.45) is 1.11. The number of piperazine rings is 1. The van der Waals surface area contributed by atoms with Crippen LogP contribution in [0, 0.1) is 0 Å². The van der Waals surface area contributed by atoms with Gasteiger partial charge in [-0.3, -0.25) is 4.90 Å². The van der Waals surface area contributed by atoms with Crippen molar-refractivity contribution >= 4 is 17.3 Å². The van der Waals surface area contributed by atoms with Crippen LogP contribution in [0.4, 0.5) is 11.4 Å². The Labute approximate surface area is 113 Å². The summed E-state index contributed by atoms with van der Waals surface area (Å²) in [4.78, 5) is 15.6. The second-order valence-electron chi connectivity index (χ2n) is 5.07. The number of hydrogen-bond acceptors (Lipinski definition) is 4. The van der Waals surface area contributed by atoms with Crippen LogP contribution in [0.5, 0.6) is 0 Å². The maximum atomic E-state index is 11.0. The van der Waals surface area contributed by atoms with E-state index >= 15 is 0 Å². The fourth-order valence-corrected chi connectivity index (χ4v) is 2.56. The molecule has 1 atom stereocenters. The number of rotatable bonds is 3. The van der Waals surface area contributed by atoms with Gasteiger partial charge in [0.15, 0.2) is 0 Å². The first-order valence-corrected chi connectivity index (χ1v) is 6.61. The van der Waals surface area contributed by atoms with Gasteiger partial charge in [-0.15, -0.1) is 0 Å². The highest BCUT2D eigenvalue weighted by atomic mass is 16.4. The van der Waals surface area contributed by atoms with Gasteiger partial charge in [0.1, 0.15) is 0 Å². The summed E-state index contributed by atoms with van der Waals surface area (Å²) in [5.74, 6) is -0.978. The van der Waals surface area contributed by atoms with Crippen molar-refractivity contribution in [1.82, 2.24) is 4.90 Å². The highest BCUT2D eigenvalue weighted by molar-refractivity contribution is 5.94. The van der Waals surface area contributed by atoms with Gasteiger partial charge in [-0.25, -0.2) is 4.79 Å². The largest absolute Gasteiger partial charge is 0.478 e. The topological polar surface area (TPSA) is 69.8 Å². The zero-order chi connectivity index (χ0) is 14.0. The number of carboxylic acids is 1. The molecular formula is C14H21N3O2. The van der Waals surface area contributed by atoms with E-state index in [9.17, 15) is 4.79 Å². The van der Waals surface area contributed by atoms with Crippen LogP contribution < -0.4 is 10.6 Å². The Hall–Kier alpha value is -1.75. The smallest absolute Gasteiger partial charge is 0.337 e. The van der Waals surface area contributed by atoms with Crippen LogP contribution in [0.15, 0.2) is 18.2 Å². The van der Waals surface area contributed by atoms with Gasteiger partial charge in [0, 0.05) is 37.1 Å². The number of likely N-dealkylation sites (N-methyl/N-ethyl adjacent to an activating group) is 1. The molecule has 0 bridgehead atoms. The molecule has 1 aromatic carbocycles. The van der Waals surface area contributed by atoms with Crippen molar-refractivity contribution in [3.63, 3.8) is 0 Å². The van der Waals surface area contributed by atoms with E-state index in [2.05, 4.69) is 23.8 Å². The maximum Gasteiger partial charge on any atom is 0.337 e. The second-order valence-corrected chi connectivity index (χ2v) is 5.07. The van der Waals surface area contributed by atoms with E-state index in [-0.39, 0.29) is 5.56 Å². The Balaban J connectivity index is 2.18. The fraction of sp³-hybridized carbons (Fsp3) is 0.500. The molecule has 1 aromatic rings. The molecule has 3 N–H and O–H groups in total. The Kier molecular flexibility index (Phi) is 3.95. The number of carbonyl (C=O) groups is 1. The number of anilines is 2. The van der Waals surface area contributed by atoms with Gasteiger partial charge >= 0.3 is 5.97 Å². The molecule has 5 heteroatoms. The summed E-state index contributed by atoms with van der Waals surface area (Å²) in [5, 5.41) is 8.98. The third-order valence-electron chi connectivity index (χ3n) is 3.88. The molecule has 1 fully saturated rings. The van der Waals surface area contributed by atoms with Gasteiger partial charge in [0.25, 0.3) is 0 Å². The number of aromatic carboxylic acids is 1. The van der Waals surface area contributed by atoms with Gasteiger partial charge in [-0.1, -0.05) is 6.92 Å². The van der Waals surface area contributed by atoms with Gasteiger partial charge in [0.05, 0.1) is 5.56 Å². The van der Waals surface area contributed by atoms with Gasteiger partial charge in [-0.2, -0.15) is 0 Å². The summed E-state index contributed by atoms with van der Waals surface area (Å²) in [7, 11) is 2.15. The Morgan fingerprint density at radius 2 is 2.21 bits per heavy atom. The third kappa shape index (κ3) is 2.81. The summed E-state index contributed by atoms with van der Waals surface area (Å²) < 4.78 is 0. The molecule has 0 amide bonds. The molecule has 104 valence electrons. The molecular weight excluding hydrogens is 242 g/mol. The summed E-state index contributed by atoms with van der Waals surface area (Å²) in [6, 6.07) is 5.74. The molecule has 19 heavy (non-hydrogen) atoms. The molecule has 1 saturated heterocycles. The summed E-state index contributed by atoms with van der Waals surface area (Å²) in [5.41, 5.74) is 7.32. The lowest BCUT2D eigenvalue weighted by atomic mass is 10.1. The van der Waals surface area contributed by atoms with Gasteiger partial charge < -0.3 is 15.7 Å². The first-order chi connectivity index (χ1) is 9.02. The predicted molar refractivity (Wildman–Crippen MR) is 76.7 cm³/mol. The quantitative estimate of drug-likeness (QED) is 0.809. The van der Waals surface area contributed by atoms with Crippen LogP contribution in [0.2, 0.25) is 0 Å². The molecule has 2 rings (SSSR count). The number of nitrogens with two attached hydrogens (primary N) is 1. The minimum Gasteiger partial charge on any atom is -0.478 e. The molecule has 1 aliphatic rings. The SMILES string of the molecule is CCC1CN(c2ccc(C(=O)O)c(N)c2)CCN1C. The van der Waals surface area contributed by atoms with E-state index in [1.165, 1.54) is 0 Å². The van der Waals surface area contributed by atoms with Crippen molar-refractivity contribution in [3.8, 4) is 0 Å². The van der Waals surface area contributed by atoms with Crippen molar-refractivity contribution in [2.75, 3.05) is 37.3 Å². The first kappa shape index (κ1) is 13.7. The number of benzene rings is 1. The second kappa shape index (κ2) is 5.48. The lowest BCUT2D eigenvalue weighted by Gasteiger charge is -2.40. The Morgan fingerprint density at radius 3 is 2.79 bits per heavy atom. The monoisotopic (exact) mass is 263 g/mol. The van der Waals surface area contributed by atoms with Crippen molar-refractivity contribution in [1.29, 1.82) is 0 Å².